The molecule has 0 aromatic heterocycles. The van der Waals surface area contributed by atoms with Crippen LogP contribution in [0.25, 0.3) is 0 Å². The highest BCUT2D eigenvalue weighted by atomic mass is 19.1. The molecule has 0 amide bonds. The predicted octanol–water partition coefficient (Wildman–Crippen LogP) is 3.83. The van der Waals surface area contributed by atoms with Gasteiger partial charge in [0.1, 0.15) is 17.4 Å². The van der Waals surface area contributed by atoms with Crippen molar-refractivity contribution in [2.24, 2.45) is 0 Å². The third-order valence-electron chi connectivity index (χ3n) is 2.74. The molecule has 0 heterocycles. The standard InChI is InChI=1S/C13H16F2O/c1-3-10(5-4-9(2)16)12-8-11(14)6-7-13(12)15/h6-8,10H,3-5H2,1-2H3. The zero-order valence-corrected chi connectivity index (χ0v) is 9.59. The molecule has 0 radical (unpaired) electrons. The first kappa shape index (κ1) is 12.8. The van der Waals surface area contributed by atoms with Crippen LogP contribution < -0.4 is 0 Å². The molecule has 1 unspecified atom stereocenters. The first-order valence-corrected chi connectivity index (χ1v) is 5.49. The number of carbonyl (C=O) groups excluding carboxylic acids is 1. The molecule has 16 heavy (non-hydrogen) atoms. The minimum Gasteiger partial charge on any atom is -0.300 e. The molecule has 3 heteroatoms. The van der Waals surface area contributed by atoms with E-state index in [1.807, 2.05) is 6.92 Å². The number of rotatable bonds is 5. The minimum absolute atomic E-state index is 0.0789. The van der Waals surface area contributed by atoms with E-state index in [2.05, 4.69) is 0 Å². The van der Waals surface area contributed by atoms with Gasteiger partial charge in [-0.25, -0.2) is 8.78 Å². The summed E-state index contributed by atoms with van der Waals surface area (Å²) in [5.74, 6) is -0.829. The van der Waals surface area contributed by atoms with E-state index in [0.29, 0.717) is 24.8 Å². The number of benzene rings is 1. The molecule has 88 valence electrons. The molecular formula is C13H16F2O. The van der Waals surface area contributed by atoms with E-state index < -0.39 is 11.6 Å². The van der Waals surface area contributed by atoms with Crippen LogP contribution in [-0.2, 0) is 4.79 Å². The fraction of sp³-hybridized carbons (Fsp3) is 0.462. The molecule has 0 saturated carbocycles. The quantitative estimate of drug-likeness (QED) is 0.745. The van der Waals surface area contributed by atoms with Crippen molar-refractivity contribution in [3.8, 4) is 0 Å². The van der Waals surface area contributed by atoms with Crippen molar-refractivity contribution in [1.82, 2.24) is 0 Å². The van der Waals surface area contributed by atoms with Crippen LogP contribution in [0.3, 0.4) is 0 Å². The lowest BCUT2D eigenvalue weighted by Gasteiger charge is -2.15. The lowest BCUT2D eigenvalue weighted by Crippen LogP contribution is -2.04. The molecule has 0 N–H and O–H groups in total. The van der Waals surface area contributed by atoms with Gasteiger partial charge in [-0.05, 0) is 49.4 Å². The number of halogens is 2. The summed E-state index contributed by atoms with van der Waals surface area (Å²) in [6.07, 6.45) is 1.69. The first-order chi connectivity index (χ1) is 7.54. The third-order valence-corrected chi connectivity index (χ3v) is 2.74. The predicted molar refractivity (Wildman–Crippen MR) is 59.3 cm³/mol. The summed E-state index contributed by atoms with van der Waals surface area (Å²) in [5.41, 5.74) is 0.378. The van der Waals surface area contributed by atoms with E-state index in [1.165, 1.54) is 13.0 Å². The van der Waals surface area contributed by atoms with Crippen LogP contribution in [0.5, 0.6) is 0 Å². The Bertz CT molecular complexity index is 374. The molecule has 1 nitrogen and oxygen atoms in total. The normalized spacial score (nSPS) is 12.5. The smallest absolute Gasteiger partial charge is 0.129 e. The molecule has 0 aliphatic rings. The Balaban J connectivity index is 2.85. The average Bonchev–Trinajstić information content (AvgIpc) is 2.23. The second-order valence-electron chi connectivity index (χ2n) is 4.01. The van der Waals surface area contributed by atoms with E-state index in [9.17, 15) is 13.6 Å². The van der Waals surface area contributed by atoms with E-state index in [-0.39, 0.29) is 11.7 Å². The highest BCUT2D eigenvalue weighted by molar-refractivity contribution is 5.75. The Kier molecular flexibility index (Phi) is 4.59. The highest BCUT2D eigenvalue weighted by Crippen LogP contribution is 2.27. The van der Waals surface area contributed by atoms with Gasteiger partial charge in [-0.2, -0.15) is 0 Å². The highest BCUT2D eigenvalue weighted by Gasteiger charge is 2.15. The molecule has 1 aromatic carbocycles. The molecule has 0 bridgehead atoms. The summed E-state index contributed by atoms with van der Waals surface area (Å²) in [7, 11) is 0. The van der Waals surface area contributed by atoms with Crippen LogP contribution >= 0.6 is 0 Å². The van der Waals surface area contributed by atoms with Crippen LogP contribution in [0.1, 0.15) is 44.6 Å². The van der Waals surface area contributed by atoms with Crippen LogP contribution in [-0.4, -0.2) is 5.78 Å². The summed E-state index contributed by atoms with van der Waals surface area (Å²) in [5, 5.41) is 0. The monoisotopic (exact) mass is 226 g/mol. The van der Waals surface area contributed by atoms with Gasteiger partial charge in [-0.3, -0.25) is 0 Å². The van der Waals surface area contributed by atoms with E-state index in [4.69, 9.17) is 0 Å². The molecule has 0 saturated heterocycles. The molecule has 1 rings (SSSR count). The van der Waals surface area contributed by atoms with Crippen LogP contribution in [0.2, 0.25) is 0 Å². The summed E-state index contributed by atoms with van der Waals surface area (Å²) < 4.78 is 26.5. The second-order valence-corrected chi connectivity index (χ2v) is 4.01. The lowest BCUT2D eigenvalue weighted by molar-refractivity contribution is -0.117. The zero-order chi connectivity index (χ0) is 12.1. The van der Waals surface area contributed by atoms with Crippen LogP contribution in [0.15, 0.2) is 18.2 Å². The molecule has 0 aliphatic carbocycles. The first-order valence-electron chi connectivity index (χ1n) is 5.49. The Morgan fingerprint density at radius 2 is 2.06 bits per heavy atom. The zero-order valence-electron chi connectivity index (χ0n) is 9.59. The van der Waals surface area contributed by atoms with Crippen molar-refractivity contribution in [2.45, 2.75) is 39.0 Å². The number of Topliss-reactive ketones (excluding diaryl/α,β-unsaturated/α-hetero) is 1. The van der Waals surface area contributed by atoms with Crippen molar-refractivity contribution in [1.29, 1.82) is 0 Å². The van der Waals surface area contributed by atoms with Crippen LogP contribution in [0.4, 0.5) is 8.78 Å². The summed E-state index contributed by atoms with van der Waals surface area (Å²) >= 11 is 0. The fourth-order valence-electron chi connectivity index (χ4n) is 1.78. The number of hydrogen-bond acceptors (Lipinski definition) is 1. The van der Waals surface area contributed by atoms with Gasteiger partial charge in [0.05, 0.1) is 0 Å². The SMILES string of the molecule is CCC(CCC(C)=O)c1cc(F)ccc1F. The maximum absolute atomic E-state index is 13.5. The molecule has 1 aromatic rings. The van der Waals surface area contributed by atoms with Gasteiger partial charge in [-0.15, -0.1) is 0 Å². The Hall–Kier alpha value is -1.25. The fourth-order valence-corrected chi connectivity index (χ4v) is 1.78. The minimum atomic E-state index is -0.433. The number of ketones is 1. The second kappa shape index (κ2) is 5.73. The lowest BCUT2D eigenvalue weighted by atomic mass is 9.91. The van der Waals surface area contributed by atoms with Crippen LogP contribution in [0, 0.1) is 11.6 Å². The third kappa shape index (κ3) is 3.40. The van der Waals surface area contributed by atoms with Gasteiger partial charge in [0.25, 0.3) is 0 Å². The Morgan fingerprint density at radius 1 is 1.38 bits per heavy atom. The van der Waals surface area contributed by atoms with Crippen molar-refractivity contribution < 1.29 is 13.6 Å². The summed E-state index contributed by atoms with van der Waals surface area (Å²) in [6, 6.07) is 3.47. The molecule has 0 aliphatic heterocycles. The average molecular weight is 226 g/mol. The topological polar surface area (TPSA) is 17.1 Å². The van der Waals surface area contributed by atoms with E-state index in [0.717, 1.165) is 12.1 Å². The summed E-state index contributed by atoms with van der Waals surface area (Å²) in [6.45, 7) is 3.42. The molecule has 0 fully saturated rings. The number of carbonyl (C=O) groups is 1. The maximum Gasteiger partial charge on any atom is 0.129 e. The largest absolute Gasteiger partial charge is 0.300 e. The van der Waals surface area contributed by atoms with E-state index >= 15 is 0 Å². The number of hydrogen-bond donors (Lipinski definition) is 0. The van der Waals surface area contributed by atoms with Gasteiger partial charge in [0, 0.05) is 6.42 Å². The Morgan fingerprint density at radius 3 is 2.62 bits per heavy atom. The van der Waals surface area contributed by atoms with Gasteiger partial charge >= 0.3 is 0 Å². The summed E-state index contributed by atoms with van der Waals surface area (Å²) in [4.78, 5) is 10.9. The Labute approximate surface area is 94.5 Å². The van der Waals surface area contributed by atoms with Gasteiger partial charge in [0.15, 0.2) is 0 Å². The maximum atomic E-state index is 13.5. The van der Waals surface area contributed by atoms with Crippen molar-refractivity contribution in [3.63, 3.8) is 0 Å². The van der Waals surface area contributed by atoms with Gasteiger partial charge in [0.2, 0.25) is 0 Å². The van der Waals surface area contributed by atoms with Crippen molar-refractivity contribution in [3.05, 3.63) is 35.4 Å². The molecular weight excluding hydrogens is 210 g/mol. The van der Waals surface area contributed by atoms with E-state index in [1.54, 1.807) is 0 Å². The molecule has 1 atom stereocenters. The van der Waals surface area contributed by atoms with Crippen molar-refractivity contribution >= 4 is 5.78 Å². The van der Waals surface area contributed by atoms with Gasteiger partial charge in [-0.1, -0.05) is 6.92 Å². The molecule has 0 spiro atoms. The van der Waals surface area contributed by atoms with Gasteiger partial charge < -0.3 is 4.79 Å². The van der Waals surface area contributed by atoms with Crippen molar-refractivity contribution in [2.75, 3.05) is 0 Å².